The zero-order valence-electron chi connectivity index (χ0n) is 18.5. The molecule has 1 aliphatic heterocycles. The second-order valence-corrected chi connectivity index (χ2v) is 9.04. The minimum atomic E-state index is -0.808. The molecule has 0 bridgehead atoms. The topological polar surface area (TPSA) is 49.4 Å². The first-order valence-corrected chi connectivity index (χ1v) is 11.7. The molecular weight excluding hydrogens is 408 g/mol. The second-order valence-electron chi connectivity index (χ2n) is 8.60. The maximum atomic E-state index is 13.3. The predicted molar refractivity (Wildman–Crippen MR) is 126 cm³/mol. The monoisotopic (exact) mass is 440 g/mol. The normalized spacial score (nSPS) is 17.6. The third kappa shape index (κ3) is 6.33. The lowest BCUT2D eigenvalue weighted by Gasteiger charge is -2.36. The molecule has 3 rings (SSSR count). The first-order valence-electron chi connectivity index (χ1n) is 11.3. The van der Waals surface area contributed by atoms with Gasteiger partial charge < -0.3 is 10.2 Å². The van der Waals surface area contributed by atoms with E-state index in [0.717, 1.165) is 44.3 Å². The molecule has 5 heteroatoms. The van der Waals surface area contributed by atoms with Gasteiger partial charge in [-0.15, -0.1) is 11.6 Å². The highest BCUT2D eigenvalue weighted by atomic mass is 35.5. The van der Waals surface area contributed by atoms with Gasteiger partial charge in [-0.05, 0) is 42.2 Å². The molecule has 2 amide bonds. The van der Waals surface area contributed by atoms with Crippen molar-refractivity contribution in [1.29, 1.82) is 0 Å². The van der Waals surface area contributed by atoms with Gasteiger partial charge in [-0.3, -0.25) is 9.59 Å². The molecule has 1 N–H and O–H groups in total. The molecule has 2 aromatic carbocycles. The summed E-state index contributed by atoms with van der Waals surface area (Å²) in [6, 6.07) is 19.2. The number of carbonyl (C=O) groups excluding carboxylic acids is 2. The molecule has 2 aromatic rings. The summed E-state index contributed by atoms with van der Waals surface area (Å²) in [6.45, 7) is 5.53. The fourth-order valence-corrected chi connectivity index (χ4v) is 4.39. The predicted octanol–water partition coefficient (Wildman–Crippen LogP) is 4.98. The van der Waals surface area contributed by atoms with Crippen molar-refractivity contribution in [3.05, 3.63) is 71.8 Å². The molecule has 31 heavy (non-hydrogen) atoms. The van der Waals surface area contributed by atoms with E-state index in [2.05, 4.69) is 29.6 Å². The van der Waals surface area contributed by atoms with Gasteiger partial charge in [-0.25, -0.2) is 0 Å². The molecule has 3 unspecified atom stereocenters. The Morgan fingerprint density at radius 2 is 1.61 bits per heavy atom. The van der Waals surface area contributed by atoms with Crippen molar-refractivity contribution in [2.45, 2.75) is 50.9 Å². The molecule has 166 valence electrons. The van der Waals surface area contributed by atoms with E-state index in [-0.39, 0.29) is 17.7 Å². The number of rotatable bonds is 8. The Morgan fingerprint density at radius 1 is 1.03 bits per heavy atom. The van der Waals surface area contributed by atoms with Crippen molar-refractivity contribution in [3.8, 4) is 0 Å². The van der Waals surface area contributed by atoms with E-state index in [1.54, 1.807) is 0 Å². The fraction of sp³-hybridized carbons (Fsp3) is 0.462. The van der Waals surface area contributed by atoms with Gasteiger partial charge in [0.2, 0.25) is 11.8 Å². The van der Waals surface area contributed by atoms with E-state index in [4.69, 9.17) is 11.6 Å². The summed E-state index contributed by atoms with van der Waals surface area (Å²) in [6.07, 6.45) is 3.84. The Hall–Kier alpha value is -2.33. The molecule has 1 heterocycles. The smallest absolute Gasteiger partial charge is 0.245 e. The van der Waals surface area contributed by atoms with E-state index in [1.165, 1.54) is 5.56 Å². The number of carbonyl (C=O) groups is 2. The third-order valence-corrected chi connectivity index (χ3v) is 6.84. The lowest BCUT2D eigenvalue weighted by atomic mass is 9.89. The van der Waals surface area contributed by atoms with Gasteiger partial charge in [0.15, 0.2) is 0 Å². The van der Waals surface area contributed by atoms with Crippen molar-refractivity contribution < 1.29 is 9.59 Å². The average molecular weight is 441 g/mol. The van der Waals surface area contributed by atoms with Crippen LogP contribution >= 0.6 is 11.6 Å². The maximum absolute atomic E-state index is 13.3. The van der Waals surface area contributed by atoms with Crippen molar-refractivity contribution in [1.82, 2.24) is 10.2 Å². The van der Waals surface area contributed by atoms with E-state index in [9.17, 15) is 9.59 Å². The van der Waals surface area contributed by atoms with Gasteiger partial charge in [0, 0.05) is 13.1 Å². The van der Waals surface area contributed by atoms with E-state index in [0.29, 0.717) is 5.92 Å². The fourth-order valence-electron chi connectivity index (χ4n) is 4.18. The molecule has 0 spiro atoms. The van der Waals surface area contributed by atoms with Crippen LogP contribution in [-0.4, -0.2) is 35.8 Å². The Bertz CT molecular complexity index is 835. The molecule has 4 nitrogen and oxygen atoms in total. The average Bonchev–Trinajstić information content (AvgIpc) is 2.82. The highest BCUT2D eigenvalue weighted by Gasteiger charge is 2.33. The van der Waals surface area contributed by atoms with Gasteiger partial charge in [-0.2, -0.15) is 0 Å². The lowest BCUT2D eigenvalue weighted by molar-refractivity contribution is -0.139. The molecule has 3 atom stereocenters. The number of piperidine rings is 1. The number of hydrogen-bond acceptors (Lipinski definition) is 2. The minimum Gasteiger partial charge on any atom is -0.342 e. The zero-order valence-corrected chi connectivity index (χ0v) is 19.2. The number of nitrogens with one attached hydrogen (secondary N) is 1. The second kappa shape index (κ2) is 11.3. The Morgan fingerprint density at radius 3 is 2.19 bits per heavy atom. The summed E-state index contributed by atoms with van der Waals surface area (Å²) < 4.78 is 0. The van der Waals surface area contributed by atoms with E-state index < -0.39 is 11.4 Å². The van der Waals surface area contributed by atoms with Crippen LogP contribution in [0.15, 0.2) is 60.7 Å². The molecule has 1 aliphatic rings. The summed E-state index contributed by atoms with van der Waals surface area (Å²) in [5.41, 5.74) is 2.09. The van der Waals surface area contributed by atoms with Crippen molar-refractivity contribution in [2.24, 2.45) is 11.8 Å². The van der Waals surface area contributed by atoms with Gasteiger partial charge in [0.05, 0.1) is 0 Å². The molecular formula is C26H33ClN2O2. The van der Waals surface area contributed by atoms with Crippen molar-refractivity contribution in [3.63, 3.8) is 0 Å². The van der Waals surface area contributed by atoms with E-state index in [1.807, 2.05) is 55.1 Å². The standard InChI is InChI=1S/C26H33ClN2O2/c1-3-19(2)24(28-25(30)23(27)22-12-8-5-9-13-22)26(31)29-16-14-21(15-17-29)18-20-10-6-4-7-11-20/h4-13,19,21,23-24H,3,14-18H2,1-2H3,(H,28,30). The summed E-state index contributed by atoms with van der Waals surface area (Å²) in [4.78, 5) is 28.1. The van der Waals surface area contributed by atoms with E-state index >= 15 is 0 Å². The molecule has 0 saturated carbocycles. The first kappa shape index (κ1) is 23.3. The largest absolute Gasteiger partial charge is 0.342 e. The highest BCUT2D eigenvalue weighted by Crippen LogP contribution is 2.25. The Kier molecular flexibility index (Phi) is 8.53. The maximum Gasteiger partial charge on any atom is 0.245 e. The number of amides is 2. The minimum absolute atomic E-state index is 0.0118. The number of nitrogens with zero attached hydrogens (tertiary/aromatic N) is 1. The van der Waals surface area contributed by atoms with Gasteiger partial charge >= 0.3 is 0 Å². The molecule has 0 aromatic heterocycles. The van der Waals surface area contributed by atoms with Crippen LogP contribution in [0.2, 0.25) is 0 Å². The number of halogens is 1. The molecule has 1 saturated heterocycles. The van der Waals surface area contributed by atoms with Crippen LogP contribution in [0.3, 0.4) is 0 Å². The van der Waals surface area contributed by atoms with Crippen molar-refractivity contribution in [2.75, 3.05) is 13.1 Å². The quantitative estimate of drug-likeness (QED) is 0.588. The summed E-state index contributed by atoms with van der Waals surface area (Å²) in [7, 11) is 0. The first-order chi connectivity index (χ1) is 15.0. The number of likely N-dealkylation sites (tertiary alicyclic amines) is 1. The van der Waals surface area contributed by atoms with Crippen LogP contribution in [0.5, 0.6) is 0 Å². The van der Waals surface area contributed by atoms with Crippen LogP contribution in [0, 0.1) is 11.8 Å². The van der Waals surface area contributed by atoms with Crippen LogP contribution in [0.1, 0.15) is 49.6 Å². The van der Waals surface area contributed by atoms with Crippen LogP contribution < -0.4 is 5.32 Å². The Balaban J connectivity index is 1.59. The summed E-state index contributed by atoms with van der Waals surface area (Å²) in [5, 5.41) is 2.14. The molecule has 0 radical (unpaired) electrons. The third-order valence-electron chi connectivity index (χ3n) is 6.39. The zero-order chi connectivity index (χ0) is 22.2. The van der Waals surface area contributed by atoms with Crippen LogP contribution in [0.25, 0.3) is 0 Å². The number of hydrogen-bond donors (Lipinski definition) is 1. The van der Waals surface area contributed by atoms with Crippen LogP contribution in [0.4, 0.5) is 0 Å². The Labute approximate surface area is 191 Å². The molecule has 1 fully saturated rings. The molecule has 0 aliphatic carbocycles. The number of alkyl halides is 1. The van der Waals surface area contributed by atoms with Crippen molar-refractivity contribution >= 4 is 23.4 Å². The van der Waals surface area contributed by atoms with Crippen LogP contribution in [-0.2, 0) is 16.0 Å². The highest BCUT2D eigenvalue weighted by molar-refractivity contribution is 6.30. The van der Waals surface area contributed by atoms with Gasteiger partial charge in [-0.1, -0.05) is 80.9 Å². The summed E-state index contributed by atoms with van der Waals surface area (Å²) in [5.74, 6) is 0.329. The number of benzene rings is 2. The van der Waals surface area contributed by atoms with Gasteiger partial charge in [0.25, 0.3) is 0 Å². The summed E-state index contributed by atoms with van der Waals surface area (Å²) >= 11 is 6.40. The van der Waals surface area contributed by atoms with Gasteiger partial charge in [0.1, 0.15) is 11.4 Å². The lowest BCUT2D eigenvalue weighted by Crippen LogP contribution is -2.54. The SMILES string of the molecule is CCC(C)C(NC(=O)C(Cl)c1ccccc1)C(=O)N1CCC(Cc2ccccc2)CC1.